The van der Waals surface area contributed by atoms with Gasteiger partial charge in [0.25, 0.3) is 0 Å². The fraction of sp³-hybridized carbons (Fsp3) is 1.00. The molecule has 0 amide bonds. The standard InChI is InChI=1S/C13H32N2O3Si/c1-13(2,3)15(4)11-10-14-9-8-12-19(16-5,17-6)18-7/h14H,8-12H2,1-7H3. The van der Waals surface area contributed by atoms with Gasteiger partial charge in [-0.3, -0.25) is 0 Å². The third-order valence-electron chi connectivity index (χ3n) is 3.54. The molecule has 0 saturated heterocycles. The maximum Gasteiger partial charge on any atom is 0.500 e. The summed E-state index contributed by atoms with van der Waals surface area (Å²) in [5.41, 5.74) is 0.228. The minimum Gasteiger partial charge on any atom is -0.377 e. The third-order valence-corrected chi connectivity index (χ3v) is 6.37. The molecule has 0 heterocycles. The van der Waals surface area contributed by atoms with E-state index in [1.807, 2.05) is 0 Å². The Morgan fingerprint density at radius 1 is 1.00 bits per heavy atom. The molecule has 0 aliphatic carbocycles. The molecule has 0 fully saturated rings. The van der Waals surface area contributed by atoms with E-state index in [-0.39, 0.29) is 5.54 Å². The molecule has 0 radical (unpaired) electrons. The minimum atomic E-state index is -2.38. The van der Waals surface area contributed by atoms with Crippen LogP contribution in [-0.2, 0) is 13.3 Å². The maximum absolute atomic E-state index is 5.38. The summed E-state index contributed by atoms with van der Waals surface area (Å²) < 4.78 is 16.2. The Kier molecular flexibility index (Phi) is 9.05. The van der Waals surface area contributed by atoms with E-state index in [9.17, 15) is 0 Å². The lowest BCUT2D eigenvalue weighted by molar-refractivity contribution is 0.123. The van der Waals surface area contributed by atoms with Gasteiger partial charge in [0.05, 0.1) is 0 Å². The first-order valence-electron chi connectivity index (χ1n) is 6.88. The summed E-state index contributed by atoms with van der Waals surface area (Å²) in [7, 11) is 4.75. The van der Waals surface area contributed by atoms with Crippen molar-refractivity contribution in [3.05, 3.63) is 0 Å². The van der Waals surface area contributed by atoms with Gasteiger partial charge in [-0.1, -0.05) is 0 Å². The first-order chi connectivity index (χ1) is 8.81. The van der Waals surface area contributed by atoms with Crippen LogP contribution in [-0.4, -0.2) is 67.3 Å². The van der Waals surface area contributed by atoms with Gasteiger partial charge in [0.2, 0.25) is 0 Å². The van der Waals surface area contributed by atoms with Crippen molar-refractivity contribution in [1.29, 1.82) is 0 Å². The zero-order chi connectivity index (χ0) is 14.9. The quantitative estimate of drug-likeness (QED) is 0.489. The number of likely N-dealkylation sites (N-methyl/N-ethyl adjacent to an activating group) is 1. The van der Waals surface area contributed by atoms with Gasteiger partial charge in [0, 0.05) is 46.0 Å². The SMILES string of the molecule is CO[Si](CCCNCCN(C)C(C)(C)C)(OC)OC. The van der Waals surface area contributed by atoms with Crippen LogP contribution in [0.15, 0.2) is 0 Å². The molecular formula is C13H32N2O3Si. The van der Waals surface area contributed by atoms with E-state index < -0.39 is 8.80 Å². The monoisotopic (exact) mass is 292 g/mol. The summed E-state index contributed by atoms with van der Waals surface area (Å²) in [5.74, 6) is 0. The van der Waals surface area contributed by atoms with E-state index in [1.54, 1.807) is 21.3 Å². The predicted octanol–water partition coefficient (Wildman–Crippen LogP) is 1.57. The van der Waals surface area contributed by atoms with Crippen LogP contribution in [0.2, 0.25) is 6.04 Å². The largest absolute Gasteiger partial charge is 0.500 e. The molecule has 0 unspecified atom stereocenters. The summed E-state index contributed by atoms with van der Waals surface area (Å²) in [6.07, 6.45) is 1.00. The first-order valence-corrected chi connectivity index (χ1v) is 8.82. The van der Waals surface area contributed by atoms with Crippen molar-refractivity contribution in [2.45, 2.75) is 38.8 Å². The Labute approximate surface area is 120 Å². The van der Waals surface area contributed by atoms with Gasteiger partial charge < -0.3 is 23.5 Å². The highest BCUT2D eigenvalue weighted by molar-refractivity contribution is 6.60. The highest BCUT2D eigenvalue weighted by atomic mass is 28.4. The number of nitrogens with one attached hydrogen (secondary N) is 1. The van der Waals surface area contributed by atoms with Gasteiger partial charge in [0.15, 0.2) is 0 Å². The van der Waals surface area contributed by atoms with Gasteiger partial charge >= 0.3 is 8.80 Å². The van der Waals surface area contributed by atoms with Crippen molar-refractivity contribution >= 4 is 8.80 Å². The van der Waals surface area contributed by atoms with Crippen LogP contribution in [0.25, 0.3) is 0 Å². The van der Waals surface area contributed by atoms with Crippen LogP contribution in [0.5, 0.6) is 0 Å². The molecule has 0 atom stereocenters. The second kappa shape index (κ2) is 9.04. The highest BCUT2D eigenvalue weighted by Gasteiger charge is 2.36. The van der Waals surface area contributed by atoms with Crippen molar-refractivity contribution in [2.24, 2.45) is 0 Å². The van der Waals surface area contributed by atoms with E-state index in [1.165, 1.54) is 0 Å². The number of rotatable bonds is 10. The Morgan fingerprint density at radius 3 is 1.95 bits per heavy atom. The van der Waals surface area contributed by atoms with E-state index in [0.717, 1.165) is 32.1 Å². The maximum atomic E-state index is 5.38. The lowest BCUT2D eigenvalue weighted by Gasteiger charge is -2.31. The topological polar surface area (TPSA) is 43.0 Å². The average molecular weight is 292 g/mol. The van der Waals surface area contributed by atoms with Crippen molar-refractivity contribution < 1.29 is 13.3 Å². The van der Waals surface area contributed by atoms with E-state index in [2.05, 4.69) is 38.0 Å². The smallest absolute Gasteiger partial charge is 0.377 e. The Balaban J connectivity index is 3.71. The Hall–Kier alpha value is 0.0169. The van der Waals surface area contributed by atoms with Crippen molar-refractivity contribution in [2.75, 3.05) is 48.0 Å². The Bertz CT molecular complexity index is 222. The summed E-state index contributed by atoms with van der Waals surface area (Å²) >= 11 is 0. The molecule has 0 aromatic heterocycles. The summed E-state index contributed by atoms with van der Waals surface area (Å²) in [6.45, 7) is 9.68. The van der Waals surface area contributed by atoms with Crippen LogP contribution in [0.4, 0.5) is 0 Å². The predicted molar refractivity (Wildman–Crippen MR) is 81.5 cm³/mol. The summed E-state index contributed by atoms with van der Waals surface area (Å²) in [6, 6.07) is 0.846. The minimum absolute atomic E-state index is 0.228. The van der Waals surface area contributed by atoms with Crippen molar-refractivity contribution in [3.8, 4) is 0 Å². The number of hydrogen-bond acceptors (Lipinski definition) is 5. The highest BCUT2D eigenvalue weighted by Crippen LogP contribution is 2.14. The molecule has 1 N–H and O–H groups in total. The zero-order valence-corrected chi connectivity index (χ0v) is 14.7. The lowest BCUT2D eigenvalue weighted by Crippen LogP contribution is -2.44. The van der Waals surface area contributed by atoms with Crippen LogP contribution in [0, 0.1) is 0 Å². The number of hydrogen-bond donors (Lipinski definition) is 1. The molecule has 0 saturated carbocycles. The number of nitrogens with zero attached hydrogens (tertiary/aromatic N) is 1. The van der Waals surface area contributed by atoms with Crippen LogP contribution in [0.1, 0.15) is 27.2 Å². The molecule has 0 aliphatic heterocycles. The Morgan fingerprint density at radius 2 is 1.53 bits per heavy atom. The van der Waals surface area contributed by atoms with Crippen LogP contribution in [0.3, 0.4) is 0 Å². The van der Waals surface area contributed by atoms with Crippen molar-refractivity contribution in [3.63, 3.8) is 0 Å². The molecule has 0 aromatic rings. The third kappa shape index (κ3) is 7.39. The van der Waals surface area contributed by atoms with E-state index >= 15 is 0 Å². The lowest BCUT2D eigenvalue weighted by atomic mass is 10.1. The van der Waals surface area contributed by atoms with Gasteiger partial charge in [-0.05, 0) is 40.8 Å². The van der Waals surface area contributed by atoms with Crippen molar-refractivity contribution in [1.82, 2.24) is 10.2 Å². The van der Waals surface area contributed by atoms with Gasteiger partial charge in [-0.2, -0.15) is 0 Å². The molecule has 5 nitrogen and oxygen atoms in total. The zero-order valence-electron chi connectivity index (χ0n) is 13.7. The van der Waals surface area contributed by atoms with Gasteiger partial charge in [0.1, 0.15) is 0 Å². The fourth-order valence-corrected chi connectivity index (χ4v) is 3.42. The molecular weight excluding hydrogens is 260 g/mol. The summed E-state index contributed by atoms with van der Waals surface area (Å²) in [5, 5.41) is 3.45. The molecule has 6 heteroatoms. The molecule has 0 rings (SSSR count). The second-order valence-corrected chi connectivity index (χ2v) is 8.83. The second-order valence-electron chi connectivity index (χ2n) is 5.74. The molecule has 0 aliphatic rings. The molecule has 19 heavy (non-hydrogen) atoms. The van der Waals surface area contributed by atoms with Crippen LogP contribution >= 0.6 is 0 Å². The van der Waals surface area contributed by atoms with Gasteiger partial charge in [-0.25, -0.2) is 0 Å². The molecule has 0 aromatic carbocycles. The molecule has 116 valence electrons. The van der Waals surface area contributed by atoms with E-state index in [0.29, 0.717) is 0 Å². The van der Waals surface area contributed by atoms with Gasteiger partial charge in [-0.15, -0.1) is 0 Å². The molecule has 0 spiro atoms. The summed E-state index contributed by atoms with van der Waals surface area (Å²) in [4.78, 5) is 2.35. The molecule has 0 bridgehead atoms. The fourth-order valence-electron chi connectivity index (χ4n) is 1.69. The average Bonchev–Trinajstić information content (AvgIpc) is 2.37. The van der Waals surface area contributed by atoms with E-state index in [4.69, 9.17) is 13.3 Å². The normalized spacial score (nSPS) is 13.3. The first kappa shape index (κ1) is 19.0. The van der Waals surface area contributed by atoms with Crippen LogP contribution < -0.4 is 5.32 Å².